The van der Waals surface area contributed by atoms with Gasteiger partial charge in [-0.2, -0.15) is 0 Å². The predicted molar refractivity (Wildman–Crippen MR) is 95.6 cm³/mol. The van der Waals surface area contributed by atoms with Crippen LogP contribution in [-0.4, -0.2) is 74.0 Å². The number of benzene rings is 1. The number of carbonyl (C=O) groups excluding carboxylic acids is 2. The smallest absolute Gasteiger partial charge is 0.311 e. The first-order chi connectivity index (χ1) is 12.1. The first kappa shape index (κ1) is 17.5. The Bertz CT molecular complexity index is 629. The van der Waals surface area contributed by atoms with Crippen LogP contribution in [0.25, 0.3) is 0 Å². The number of primary amides is 1. The number of methoxy groups -OCH3 is 1. The lowest BCUT2D eigenvalue weighted by Gasteiger charge is -2.43. The third kappa shape index (κ3) is 3.87. The largest absolute Gasteiger partial charge is 0.495 e. The van der Waals surface area contributed by atoms with Gasteiger partial charge >= 0.3 is 11.8 Å². The summed E-state index contributed by atoms with van der Waals surface area (Å²) < 4.78 is 5.46. The van der Waals surface area contributed by atoms with Crippen molar-refractivity contribution in [2.45, 2.75) is 18.9 Å². The molecule has 2 amide bonds. The van der Waals surface area contributed by atoms with E-state index in [-0.39, 0.29) is 0 Å². The first-order valence-electron chi connectivity index (χ1n) is 8.81. The number of ether oxygens (including phenoxy) is 1. The Labute approximate surface area is 148 Å². The van der Waals surface area contributed by atoms with Crippen LogP contribution in [0.3, 0.4) is 0 Å². The third-order valence-corrected chi connectivity index (χ3v) is 5.15. The molecule has 1 aromatic rings. The highest BCUT2D eigenvalue weighted by Crippen LogP contribution is 2.29. The number of hydrogen-bond acceptors (Lipinski definition) is 5. The standard InChI is InChI=1S/C18H26N4O3/c1-25-16-7-3-2-6-15(16)21-11-9-20(10-12-21)14-5-4-8-22(13-14)18(24)17(19)23/h2-3,6-7,14H,4-5,8-13H2,1H3,(H2,19,23). The molecule has 1 aromatic carbocycles. The average Bonchev–Trinajstić information content (AvgIpc) is 2.67. The monoisotopic (exact) mass is 346 g/mol. The molecule has 2 fully saturated rings. The van der Waals surface area contributed by atoms with Crippen molar-refractivity contribution >= 4 is 17.5 Å². The molecule has 0 radical (unpaired) electrons. The normalized spacial score (nSPS) is 21.9. The van der Waals surface area contributed by atoms with Gasteiger partial charge in [-0.1, -0.05) is 12.1 Å². The minimum Gasteiger partial charge on any atom is -0.495 e. The Morgan fingerprint density at radius 1 is 1.12 bits per heavy atom. The zero-order chi connectivity index (χ0) is 17.8. The van der Waals surface area contributed by atoms with E-state index in [0.717, 1.165) is 50.5 Å². The lowest BCUT2D eigenvalue weighted by Crippen LogP contribution is -2.57. The summed E-state index contributed by atoms with van der Waals surface area (Å²) in [6.07, 6.45) is 1.97. The van der Waals surface area contributed by atoms with Crippen molar-refractivity contribution in [3.8, 4) is 5.75 Å². The van der Waals surface area contributed by atoms with Gasteiger partial charge in [-0.05, 0) is 25.0 Å². The number of nitrogens with zero attached hydrogens (tertiary/aromatic N) is 3. The third-order valence-electron chi connectivity index (χ3n) is 5.15. The molecule has 0 bridgehead atoms. The summed E-state index contributed by atoms with van der Waals surface area (Å²) in [6.45, 7) is 4.92. The summed E-state index contributed by atoms with van der Waals surface area (Å²) in [5.74, 6) is -0.522. The van der Waals surface area contributed by atoms with Crippen LogP contribution in [0.1, 0.15) is 12.8 Å². The van der Waals surface area contributed by atoms with Crippen LogP contribution in [0, 0.1) is 0 Å². The second-order valence-electron chi connectivity index (χ2n) is 6.61. The molecule has 0 aromatic heterocycles. The maximum Gasteiger partial charge on any atom is 0.311 e. The number of amides is 2. The molecule has 2 saturated heterocycles. The predicted octanol–water partition coefficient (Wildman–Crippen LogP) is 0.294. The van der Waals surface area contributed by atoms with E-state index in [1.54, 1.807) is 12.0 Å². The fourth-order valence-electron chi connectivity index (χ4n) is 3.81. The van der Waals surface area contributed by atoms with E-state index in [2.05, 4.69) is 15.9 Å². The molecule has 0 aliphatic carbocycles. The van der Waals surface area contributed by atoms with Gasteiger partial charge in [0.1, 0.15) is 5.75 Å². The molecule has 25 heavy (non-hydrogen) atoms. The molecule has 136 valence electrons. The molecule has 3 rings (SSSR count). The van der Waals surface area contributed by atoms with Gasteiger partial charge < -0.3 is 20.3 Å². The average molecular weight is 346 g/mol. The Morgan fingerprint density at radius 2 is 1.84 bits per heavy atom. The van der Waals surface area contributed by atoms with Crippen LogP contribution in [-0.2, 0) is 9.59 Å². The van der Waals surface area contributed by atoms with Crippen LogP contribution >= 0.6 is 0 Å². The van der Waals surface area contributed by atoms with Crippen LogP contribution in [0.5, 0.6) is 5.75 Å². The van der Waals surface area contributed by atoms with E-state index in [1.807, 2.05) is 18.2 Å². The lowest BCUT2D eigenvalue weighted by molar-refractivity contribution is -0.145. The minimum atomic E-state index is -0.860. The molecule has 1 atom stereocenters. The molecular weight excluding hydrogens is 320 g/mol. The molecule has 2 N–H and O–H groups in total. The van der Waals surface area contributed by atoms with E-state index < -0.39 is 11.8 Å². The van der Waals surface area contributed by atoms with E-state index in [9.17, 15) is 9.59 Å². The highest BCUT2D eigenvalue weighted by atomic mass is 16.5. The van der Waals surface area contributed by atoms with Crippen molar-refractivity contribution in [2.24, 2.45) is 5.73 Å². The zero-order valence-corrected chi connectivity index (χ0v) is 14.7. The second kappa shape index (κ2) is 7.74. The van der Waals surface area contributed by atoms with Crippen LogP contribution < -0.4 is 15.4 Å². The molecular formula is C18H26N4O3. The number of carbonyl (C=O) groups is 2. The molecule has 7 heteroatoms. The van der Waals surface area contributed by atoms with Crippen molar-refractivity contribution in [2.75, 3.05) is 51.3 Å². The van der Waals surface area contributed by atoms with Gasteiger partial charge in [0.2, 0.25) is 0 Å². The SMILES string of the molecule is COc1ccccc1N1CCN(C2CCCN(C(=O)C(N)=O)C2)CC1. The Balaban J connectivity index is 1.58. The number of para-hydroxylation sites is 2. The Morgan fingerprint density at radius 3 is 2.52 bits per heavy atom. The quantitative estimate of drug-likeness (QED) is 0.796. The summed E-state index contributed by atoms with van der Waals surface area (Å²) in [4.78, 5) is 29.3. The van der Waals surface area contributed by atoms with Gasteiger partial charge in [0.15, 0.2) is 0 Å². The molecule has 2 heterocycles. The number of nitrogens with two attached hydrogens (primary N) is 1. The second-order valence-corrected chi connectivity index (χ2v) is 6.61. The topological polar surface area (TPSA) is 79.1 Å². The summed E-state index contributed by atoms with van der Waals surface area (Å²) in [5, 5.41) is 0. The van der Waals surface area contributed by atoms with Gasteiger partial charge in [-0.25, -0.2) is 0 Å². The highest BCUT2D eigenvalue weighted by Gasteiger charge is 2.31. The summed E-state index contributed by atoms with van der Waals surface area (Å²) in [5.41, 5.74) is 6.26. The fraction of sp³-hybridized carbons (Fsp3) is 0.556. The van der Waals surface area contributed by atoms with Gasteiger partial charge in [-0.15, -0.1) is 0 Å². The van der Waals surface area contributed by atoms with Gasteiger partial charge in [0.05, 0.1) is 12.8 Å². The van der Waals surface area contributed by atoms with Gasteiger partial charge in [0, 0.05) is 45.3 Å². The molecule has 2 aliphatic heterocycles. The van der Waals surface area contributed by atoms with Crippen molar-refractivity contribution in [1.82, 2.24) is 9.80 Å². The maximum atomic E-state index is 11.8. The molecule has 2 aliphatic rings. The van der Waals surface area contributed by atoms with E-state index >= 15 is 0 Å². The molecule has 0 spiro atoms. The summed E-state index contributed by atoms with van der Waals surface area (Å²) in [6, 6.07) is 8.37. The fourth-order valence-corrected chi connectivity index (χ4v) is 3.81. The number of rotatable bonds is 3. The van der Waals surface area contributed by atoms with Crippen molar-refractivity contribution in [3.63, 3.8) is 0 Å². The molecule has 1 unspecified atom stereocenters. The molecule has 7 nitrogen and oxygen atoms in total. The van der Waals surface area contributed by atoms with Crippen LogP contribution in [0.4, 0.5) is 5.69 Å². The van der Waals surface area contributed by atoms with Crippen LogP contribution in [0.2, 0.25) is 0 Å². The van der Waals surface area contributed by atoms with Crippen molar-refractivity contribution < 1.29 is 14.3 Å². The maximum absolute atomic E-state index is 11.8. The number of piperazine rings is 1. The number of hydrogen-bond donors (Lipinski definition) is 1. The van der Waals surface area contributed by atoms with Crippen LogP contribution in [0.15, 0.2) is 24.3 Å². The van der Waals surface area contributed by atoms with Gasteiger partial charge in [0.25, 0.3) is 0 Å². The number of likely N-dealkylation sites (tertiary alicyclic amines) is 1. The Kier molecular flexibility index (Phi) is 5.43. The van der Waals surface area contributed by atoms with E-state index in [1.165, 1.54) is 0 Å². The minimum absolute atomic E-state index is 0.303. The van der Waals surface area contributed by atoms with Gasteiger partial charge in [-0.3, -0.25) is 14.5 Å². The number of piperidine rings is 1. The Hall–Kier alpha value is -2.28. The number of anilines is 1. The summed E-state index contributed by atoms with van der Waals surface area (Å²) in [7, 11) is 1.70. The van der Waals surface area contributed by atoms with E-state index in [4.69, 9.17) is 10.5 Å². The molecule has 0 saturated carbocycles. The van der Waals surface area contributed by atoms with Crippen molar-refractivity contribution in [1.29, 1.82) is 0 Å². The van der Waals surface area contributed by atoms with E-state index in [0.29, 0.717) is 19.1 Å². The van der Waals surface area contributed by atoms with Crippen molar-refractivity contribution in [3.05, 3.63) is 24.3 Å². The lowest BCUT2D eigenvalue weighted by atomic mass is 10.0. The summed E-state index contributed by atoms with van der Waals surface area (Å²) >= 11 is 0. The highest BCUT2D eigenvalue weighted by molar-refractivity contribution is 6.34. The zero-order valence-electron chi connectivity index (χ0n) is 14.7. The first-order valence-corrected chi connectivity index (χ1v) is 8.81.